The first-order valence-corrected chi connectivity index (χ1v) is 12.0. The van der Waals surface area contributed by atoms with Crippen molar-refractivity contribution >= 4 is 27.4 Å². The zero-order valence-electron chi connectivity index (χ0n) is 19.5. The molecule has 2 aromatic carbocycles. The summed E-state index contributed by atoms with van der Waals surface area (Å²) in [5.74, 6) is 0.399. The van der Waals surface area contributed by atoms with Gasteiger partial charge >= 0.3 is 6.01 Å². The highest BCUT2D eigenvalue weighted by Gasteiger charge is 2.17. The lowest BCUT2D eigenvalue weighted by Gasteiger charge is -2.11. The Morgan fingerprint density at radius 2 is 1.66 bits per heavy atom. The lowest BCUT2D eigenvalue weighted by molar-refractivity contribution is 0.102. The van der Waals surface area contributed by atoms with E-state index in [1.54, 1.807) is 24.3 Å². The molecule has 0 aliphatic heterocycles. The molecule has 3 aromatic rings. The van der Waals surface area contributed by atoms with Crippen LogP contribution in [0.25, 0.3) is 0 Å². The topological polar surface area (TPSA) is 138 Å². The normalized spacial score (nSPS) is 10.9. The van der Waals surface area contributed by atoms with E-state index in [1.165, 1.54) is 44.6 Å². The van der Waals surface area contributed by atoms with Crippen LogP contribution in [0.3, 0.4) is 0 Å². The highest BCUT2D eigenvalue weighted by molar-refractivity contribution is 7.92. The molecule has 0 saturated heterocycles. The third kappa shape index (κ3) is 7.29. The van der Waals surface area contributed by atoms with Gasteiger partial charge in [-0.3, -0.25) is 9.52 Å². The van der Waals surface area contributed by atoms with Crippen LogP contribution in [0.1, 0.15) is 17.3 Å². The fourth-order valence-corrected chi connectivity index (χ4v) is 3.83. The number of benzene rings is 2. The number of ether oxygens (including phenoxy) is 4. The molecule has 11 nitrogen and oxygen atoms in total. The van der Waals surface area contributed by atoms with Crippen LogP contribution in [0.5, 0.6) is 17.6 Å². The first-order chi connectivity index (χ1) is 16.8. The first kappa shape index (κ1) is 25.7. The molecule has 0 saturated carbocycles. The van der Waals surface area contributed by atoms with Gasteiger partial charge in [0.2, 0.25) is 5.88 Å². The molecule has 0 bridgehead atoms. The maximum Gasteiger partial charge on any atom is 0.321 e. The van der Waals surface area contributed by atoms with Gasteiger partial charge in [0.1, 0.15) is 12.4 Å². The number of carbonyl (C=O) groups is 1. The Morgan fingerprint density at radius 3 is 2.29 bits per heavy atom. The first-order valence-electron chi connectivity index (χ1n) is 10.6. The molecule has 1 heterocycles. The van der Waals surface area contributed by atoms with Gasteiger partial charge in [0, 0.05) is 23.9 Å². The van der Waals surface area contributed by atoms with Crippen molar-refractivity contribution in [2.24, 2.45) is 0 Å². The fourth-order valence-electron chi connectivity index (χ4n) is 2.83. The van der Waals surface area contributed by atoms with Crippen molar-refractivity contribution < 1.29 is 32.2 Å². The smallest absolute Gasteiger partial charge is 0.321 e. The van der Waals surface area contributed by atoms with E-state index in [-0.39, 0.29) is 28.5 Å². The highest BCUT2D eigenvalue weighted by atomic mass is 32.2. The van der Waals surface area contributed by atoms with Gasteiger partial charge in [-0.25, -0.2) is 8.42 Å². The van der Waals surface area contributed by atoms with Gasteiger partial charge in [0.25, 0.3) is 15.9 Å². The molecule has 186 valence electrons. The van der Waals surface area contributed by atoms with Crippen LogP contribution in [0.15, 0.2) is 59.5 Å². The molecule has 0 radical (unpaired) electrons. The van der Waals surface area contributed by atoms with Crippen LogP contribution in [-0.4, -0.2) is 58.3 Å². The third-order valence-electron chi connectivity index (χ3n) is 4.55. The van der Waals surface area contributed by atoms with Crippen LogP contribution >= 0.6 is 0 Å². The Kier molecular flexibility index (Phi) is 8.81. The lowest BCUT2D eigenvalue weighted by atomic mass is 10.2. The second kappa shape index (κ2) is 12.0. The summed E-state index contributed by atoms with van der Waals surface area (Å²) < 4.78 is 48.5. The van der Waals surface area contributed by atoms with E-state index in [0.717, 1.165) is 0 Å². The quantitative estimate of drug-likeness (QED) is 0.358. The number of hydrogen-bond donors (Lipinski definition) is 2. The van der Waals surface area contributed by atoms with E-state index < -0.39 is 10.0 Å². The lowest BCUT2D eigenvalue weighted by Crippen LogP contribution is -2.15. The molecule has 35 heavy (non-hydrogen) atoms. The molecule has 0 aliphatic carbocycles. The molecule has 2 N–H and O–H groups in total. The minimum absolute atomic E-state index is 0.0172. The van der Waals surface area contributed by atoms with E-state index in [4.69, 9.17) is 18.9 Å². The average molecular weight is 503 g/mol. The number of methoxy groups -OCH3 is 2. The van der Waals surface area contributed by atoms with Gasteiger partial charge in [-0.1, -0.05) is 0 Å². The van der Waals surface area contributed by atoms with Gasteiger partial charge in [-0.05, 0) is 55.5 Å². The summed E-state index contributed by atoms with van der Waals surface area (Å²) in [4.78, 5) is 20.4. The van der Waals surface area contributed by atoms with Crippen molar-refractivity contribution in [3.05, 3.63) is 60.2 Å². The summed E-state index contributed by atoms with van der Waals surface area (Å²) in [6, 6.07) is 13.6. The molecule has 3 rings (SSSR count). The predicted molar refractivity (Wildman–Crippen MR) is 129 cm³/mol. The Bertz CT molecular complexity index is 1210. The molecule has 0 atom stereocenters. The largest absolute Gasteiger partial charge is 0.491 e. The molecule has 0 unspecified atom stereocenters. The molecular weight excluding hydrogens is 476 g/mol. The number of sulfonamides is 1. The summed E-state index contributed by atoms with van der Waals surface area (Å²) >= 11 is 0. The standard InChI is InChI=1S/C23H26N4O7S/c1-4-33-13-14-34-18-9-5-16(6-10-18)22(28)24-17-7-11-19(12-8-17)35(29,30)27-20-15-21(31-2)26-23(25-20)32-3/h5-12,15H,4,13-14H2,1-3H3,(H,24,28)(H,25,26,27). The van der Waals surface area contributed by atoms with Crippen LogP contribution in [0.2, 0.25) is 0 Å². The van der Waals surface area contributed by atoms with E-state index in [0.29, 0.717) is 36.8 Å². The summed E-state index contributed by atoms with van der Waals surface area (Å²) in [5, 5.41) is 2.73. The van der Waals surface area contributed by atoms with Crippen molar-refractivity contribution in [3.63, 3.8) is 0 Å². The van der Waals surface area contributed by atoms with Crippen LogP contribution in [0, 0.1) is 0 Å². The molecule has 12 heteroatoms. The average Bonchev–Trinajstić information content (AvgIpc) is 2.86. The van der Waals surface area contributed by atoms with Crippen molar-refractivity contribution in [1.82, 2.24) is 9.97 Å². The van der Waals surface area contributed by atoms with Crippen molar-refractivity contribution in [2.45, 2.75) is 11.8 Å². The number of rotatable bonds is 12. The SMILES string of the molecule is CCOCCOc1ccc(C(=O)Nc2ccc(S(=O)(=O)Nc3cc(OC)nc(OC)n3)cc2)cc1. The minimum Gasteiger partial charge on any atom is -0.491 e. The Hall–Kier alpha value is -3.90. The fraction of sp³-hybridized carbons (Fsp3) is 0.261. The number of amides is 1. The maximum atomic E-state index is 12.7. The van der Waals surface area contributed by atoms with E-state index in [9.17, 15) is 13.2 Å². The molecule has 0 spiro atoms. The number of carbonyl (C=O) groups excluding carboxylic acids is 1. The maximum absolute atomic E-state index is 12.7. The van der Waals surface area contributed by atoms with Gasteiger partial charge in [-0.2, -0.15) is 9.97 Å². The zero-order valence-corrected chi connectivity index (χ0v) is 20.3. The van der Waals surface area contributed by atoms with Crippen molar-refractivity contribution in [3.8, 4) is 17.6 Å². The third-order valence-corrected chi connectivity index (χ3v) is 5.92. The van der Waals surface area contributed by atoms with Crippen LogP contribution in [-0.2, 0) is 14.8 Å². The highest BCUT2D eigenvalue weighted by Crippen LogP contribution is 2.22. The van der Waals surface area contributed by atoms with E-state index in [2.05, 4.69) is 20.0 Å². The van der Waals surface area contributed by atoms with Gasteiger partial charge < -0.3 is 24.3 Å². The Balaban J connectivity index is 1.62. The number of nitrogens with zero attached hydrogens (tertiary/aromatic N) is 2. The molecule has 0 fully saturated rings. The monoisotopic (exact) mass is 502 g/mol. The summed E-state index contributed by atoms with van der Waals surface area (Å²) in [5.41, 5.74) is 0.851. The van der Waals surface area contributed by atoms with Crippen molar-refractivity contribution in [1.29, 1.82) is 0 Å². The minimum atomic E-state index is -3.96. The summed E-state index contributed by atoms with van der Waals surface area (Å²) in [6.45, 7) is 3.44. The van der Waals surface area contributed by atoms with E-state index >= 15 is 0 Å². The zero-order chi connectivity index (χ0) is 25.3. The Morgan fingerprint density at radius 1 is 0.943 bits per heavy atom. The van der Waals surface area contributed by atoms with Gasteiger partial charge in [0.05, 0.1) is 25.7 Å². The number of nitrogens with one attached hydrogen (secondary N) is 2. The summed E-state index contributed by atoms with van der Waals surface area (Å²) in [6.07, 6.45) is 0. The van der Waals surface area contributed by atoms with Crippen LogP contribution < -0.4 is 24.2 Å². The van der Waals surface area contributed by atoms with Crippen LogP contribution in [0.4, 0.5) is 11.5 Å². The van der Waals surface area contributed by atoms with Gasteiger partial charge in [-0.15, -0.1) is 0 Å². The summed E-state index contributed by atoms with van der Waals surface area (Å²) in [7, 11) is -1.22. The van der Waals surface area contributed by atoms with Crippen molar-refractivity contribution in [2.75, 3.05) is 44.1 Å². The Labute approximate surface area is 203 Å². The number of aromatic nitrogens is 2. The molecule has 0 aliphatic rings. The molecule has 1 amide bonds. The second-order valence-corrected chi connectivity index (χ2v) is 8.62. The molecular formula is C23H26N4O7S. The number of anilines is 2. The van der Waals surface area contributed by atoms with E-state index in [1.807, 2.05) is 6.92 Å². The second-order valence-electron chi connectivity index (χ2n) is 6.94. The predicted octanol–water partition coefficient (Wildman–Crippen LogP) is 2.96. The number of hydrogen-bond acceptors (Lipinski definition) is 9. The molecule has 1 aromatic heterocycles. The van der Waals surface area contributed by atoms with Gasteiger partial charge in [0.15, 0.2) is 5.82 Å².